The van der Waals surface area contributed by atoms with E-state index in [1.165, 1.54) is 13.2 Å². The molecular weight excluding hydrogens is 200 g/mol. The number of benzene rings is 1. The van der Waals surface area contributed by atoms with Crippen molar-refractivity contribution in [1.82, 2.24) is 0 Å². The summed E-state index contributed by atoms with van der Waals surface area (Å²) in [4.78, 5) is 30.7. The fourth-order valence-electron chi connectivity index (χ4n) is 1.24. The number of hydrogen-bond acceptors (Lipinski definition) is 4. The van der Waals surface area contributed by atoms with Crippen molar-refractivity contribution in [3.05, 3.63) is 34.9 Å². The predicted octanol–water partition coefficient (Wildman–Crippen LogP) is 1.41. The van der Waals surface area contributed by atoms with Crippen molar-refractivity contribution >= 4 is 11.9 Å². The van der Waals surface area contributed by atoms with E-state index in [1.54, 1.807) is 19.1 Å². The highest BCUT2D eigenvalue weighted by atomic mass is 17.2. The van der Waals surface area contributed by atoms with Crippen LogP contribution in [-0.4, -0.2) is 24.2 Å². The summed E-state index contributed by atoms with van der Waals surface area (Å²) >= 11 is 0. The Labute approximate surface area is 86.2 Å². The molecule has 1 aromatic rings. The summed E-state index contributed by atoms with van der Waals surface area (Å²) in [6.07, 6.45) is 0. The molecule has 0 amide bonds. The maximum atomic E-state index is 11.3. The largest absolute Gasteiger partial charge is 0.478 e. The van der Waals surface area contributed by atoms with Crippen molar-refractivity contribution in [3.63, 3.8) is 0 Å². The zero-order chi connectivity index (χ0) is 11.4. The Kier molecular flexibility index (Phi) is 3.41. The SMILES string of the molecule is COOC(=O)c1cccc(C)c1C(=O)O. The molecule has 0 aliphatic rings. The predicted molar refractivity (Wildman–Crippen MR) is 50.6 cm³/mol. The van der Waals surface area contributed by atoms with E-state index >= 15 is 0 Å². The summed E-state index contributed by atoms with van der Waals surface area (Å²) in [5.41, 5.74) is 0.400. The first-order valence-electron chi connectivity index (χ1n) is 4.15. The number of carboxylic acid groups (broad SMARTS) is 1. The maximum absolute atomic E-state index is 11.3. The van der Waals surface area contributed by atoms with E-state index in [9.17, 15) is 9.59 Å². The summed E-state index contributed by atoms with van der Waals surface area (Å²) in [5.74, 6) is -1.99. The van der Waals surface area contributed by atoms with E-state index in [4.69, 9.17) is 5.11 Å². The van der Waals surface area contributed by atoms with E-state index in [0.717, 1.165) is 0 Å². The lowest BCUT2D eigenvalue weighted by molar-refractivity contribution is -0.216. The third kappa shape index (κ3) is 2.32. The highest BCUT2D eigenvalue weighted by molar-refractivity contribution is 6.03. The van der Waals surface area contributed by atoms with Crippen molar-refractivity contribution < 1.29 is 24.5 Å². The molecule has 0 aliphatic carbocycles. The lowest BCUT2D eigenvalue weighted by Crippen LogP contribution is -2.12. The van der Waals surface area contributed by atoms with Gasteiger partial charge in [0.2, 0.25) is 0 Å². The van der Waals surface area contributed by atoms with Gasteiger partial charge < -0.3 is 5.11 Å². The molecule has 0 aliphatic heterocycles. The van der Waals surface area contributed by atoms with Crippen molar-refractivity contribution in [2.75, 3.05) is 7.11 Å². The topological polar surface area (TPSA) is 72.8 Å². The first-order chi connectivity index (χ1) is 7.07. The molecule has 0 bridgehead atoms. The van der Waals surface area contributed by atoms with Gasteiger partial charge in [-0.2, -0.15) is 4.89 Å². The molecule has 0 radical (unpaired) electrons. The molecular formula is C10H10O5. The van der Waals surface area contributed by atoms with Gasteiger partial charge in [0.1, 0.15) is 0 Å². The smallest absolute Gasteiger partial charge is 0.373 e. The molecule has 0 fully saturated rings. The minimum absolute atomic E-state index is 0.0237. The number of rotatable bonds is 3. The highest BCUT2D eigenvalue weighted by Crippen LogP contribution is 2.15. The zero-order valence-electron chi connectivity index (χ0n) is 8.31. The van der Waals surface area contributed by atoms with Gasteiger partial charge in [0, 0.05) is 0 Å². The fourth-order valence-corrected chi connectivity index (χ4v) is 1.24. The van der Waals surface area contributed by atoms with Crippen LogP contribution in [0.25, 0.3) is 0 Å². The van der Waals surface area contributed by atoms with Crippen LogP contribution < -0.4 is 0 Å². The van der Waals surface area contributed by atoms with Crippen molar-refractivity contribution in [1.29, 1.82) is 0 Å². The lowest BCUT2D eigenvalue weighted by atomic mass is 10.0. The van der Waals surface area contributed by atoms with Crippen LogP contribution in [0.5, 0.6) is 0 Å². The second kappa shape index (κ2) is 4.56. The second-order valence-corrected chi connectivity index (χ2v) is 2.84. The van der Waals surface area contributed by atoms with Crippen LogP contribution in [0.3, 0.4) is 0 Å². The quantitative estimate of drug-likeness (QED) is 0.603. The molecule has 0 spiro atoms. The van der Waals surface area contributed by atoms with Gasteiger partial charge in [0.25, 0.3) is 0 Å². The van der Waals surface area contributed by atoms with Crippen LogP contribution in [-0.2, 0) is 9.78 Å². The normalized spacial score (nSPS) is 9.73. The lowest BCUT2D eigenvalue weighted by Gasteiger charge is -2.06. The first-order valence-corrected chi connectivity index (χ1v) is 4.15. The summed E-state index contributed by atoms with van der Waals surface area (Å²) in [6.45, 7) is 1.60. The molecule has 0 atom stereocenters. The minimum atomic E-state index is -1.17. The monoisotopic (exact) mass is 210 g/mol. The first kappa shape index (κ1) is 11.2. The van der Waals surface area contributed by atoms with Gasteiger partial charge in [-0.05, 0) is 18.6 Å². The van der Waals surface area contributed by atoms with Gasteiger partial charge in [-0.3, -0.25) is 4.89 Å². The van der Waals surface area contributed by atoms with E-state index in [1.807, 2.05) is 0 Å². The molecule has 0 saturated heterocycles. The van der Waals surface area contributed by atoms with E-state index in [2.05, 4.69) is 9.78 Å². The van der Waals surface area contributed by atoms with Gasteiger partial charge in [0.05, 0.1) is 18.2 Å². The van der Waals surface area contributed by atoms with Gasteiger partial charge >= 0.3 is 11.9 Å². The number of aryl methyl sites for hydroxylation is 1. The van der Waals surface area contributed by atoms with E-state index < -0.39 is 11.9 Å². The van der Waals surface area contributed by atoms with Gasteiger partial charge in [-0.1, -0.05) is 12.1 Å². The van der Waals surface area contributed by atoms with E-state index in [0.29, 0.717) is 5.56 Å². The number of aromatic carboxylic acids is 1. The van der Waals surface area contributed by atoms with Crippen molar-refractivity contribution in [2.24, 2.45) is 0 Å². The molecule has 1 rings (SSSR count). The zero-order valence-corrected chi connectivity index (χ0v) is 8.31. The number of carbonyl (C=O) groups excluding carboxylic acids is 1. The van der Waals surface area contributed by atoms with Crippen LogP contribution in [0.2, 0.25) is 0 Å². The molecule has 0 heterocycles. The molecule has 0 aromatic heterocycles. The van der Waals surface area contributed by atoms with E-state index in [-0.39, 0.29) is 11.1 Å². The molecule has 0 unspecified atom stereocenters. The molecule has 5 heteroatoms. The minimum Gasteiger partial charge on any atom is -0.478 e. The third-order valence-corrected chi connectivity index (χ3v) is 1.87. The molecule has 15 heavy (non-hydrogen) atoms. The molecule has 0 saturated carbocycles. The molecule has 80 valence electrons. The van der Waals surface area contributed by atoms with Crippen LogP contribution in [0.15, 0.2) is 18.2 Å². The Morgan fingerprint density at radius 3 is 2.53 bits per heavy atom. The number of hydrogen-bond donors (Lipinski definition) is 1. The molecule has 1 N–H and O–H groups in total. The van der Waals surface area contributed by atoms with Gasteiger partial charge in [0.15, 0.2) is 0 Å². The standard InChI is InChI=1S/C10H10O5/c1-6-4-3-5-7(8(6)9(11)12)10(13)15-14-2/h3-5H,1-2H3,(H,11,12). The molecule has 1 aromatic carbocycles. The Morgan fingerprint density at radius 2 is 2.00 bits per heavy atom. The van der Waals surface area contributed by atoms with Crippen LogP contribution in [0.1, 0.15) is 26.3 Å². The third-order valence-electron chi connectivity index (χ3n) is 1.87. The summed E-state index contributed by atoms with van der Waals surface area (Å²) in [7, 11) is 1.17. The Hall–Kier alpha value is -1.88. The average Bonchev–Trinajstić information content (AvgIpc) is 2.17. The summed E-state index contributed by atoms with van der Waals surface area (Å²) in [6, 6.07) is 4.55. The Bertz CT molecular complexity index is 397. The fraction of sp³-hybridized carbons (Fsp3) is 0.200. The van der Waals surface area contributed by atoms with Crippen LogP contribution in [0.4, 0.5) is 0 Å². The average molecular weight is 210 g/mol. The number of carboxylic acids is 1. The Balaban J connectivity index is 3.23. The Morgan fingerprint density at radius 1 is 1.33 bits per heavy atom. The number of carbonyl (C=O) groups is 2. The second-order valence-electron chi connectivity index (χ2n) is 2.84. The molecule has 5 nitrogen and oxygen atoms in total. The van der Waals surface area contributed by atoms with Crippen molar-refractivity contribution in [3.8, 4) is 0 Å². The summed E-state index contributed by atoms with van der Waals surface area (Å²) < 4.78 is 0. The van der Waals surface area contributed by atoms with Crippen LogP contribution in [0, 0.1) is 6.92 Å². The van der Waals surface area contributed by atoms with Gasteiger partial charge in [-0.25, -0.2) is 9.59 Å². The highest BCUT2D eigenvalue weighted by Gasteiger charge is 2.19. The summed E-state index contributed by atoms with van der Waals surface area (Å²) in [5, 5.41) is 8.92. The van der Waals surface area contributed by atoms with Crippen molar-refractivity contribution in [2.45, 2.75) is 6.92 Å². The van der Waals surface area contributed by atoms with Gasteiger partial charge in [-0.15, -0.1) is 0 Å². The van der Waals surface area contributed by atoms with Crippen LogP contribution >= 0.6 is 0 Å². The maximum Gasteiger partial charge on any atom is 0.373 e.